The van der Waals surface area contributed by atoms with E-state index in [9.17, 15) is 26.4 Å². The lowest BCUT2D eigenvalue weighted by molar-refractivity contribution is -0.121. The van der Waals surface area contributed by atoms with Crippen molar-refractivity contribution in [2.24, 2.45) is 0 Å². The van der Waals surface area contributed by atoms with Gasteiger partial charge in [-0.2, -0.15) is 13.2 Å². The number of para-hydroxylation sites is 1. The summed E-state index contributed by atoms with van der Waals surface area (Å²) in [5, 5.41) is 2.57. The Bertz CT molecular complexity index is 942. The first-order valence-electron chi connectivity index (χ1n) is 7.93. The molecule has 0 bridgehead atoms. The molecular weight excluding hydrogens is 397 g/mol. The van der Waals surface area contributed by atoms with E-state index in [1.165, 1.54) is 22.9 Å². The minimum Gasteiger partial charge on any atom is -0.489 e. The van der Waals surface area contributed by atoms with Crippen LogP contribution in [0.5, 0.6) is 5.75 Å². The van der Waals surface area contributed by atoms with Gasteiger partial charge in [-0.3, -0.25) is 4.79 Å². The van der Waals surface area contributed by atoms with Crippen LogP contribution in [0.25, 0.3) is 0 Å². The summed E-state index contributed by atoms with van der Waals surface area (Å²) in [5.74, 6) is -0.152. The van der Waals surface area contributed by atoms with Gasteiger partial charge in [-0.05, 0) is 36.4 Å². The third-order valence-electron chi connectivity index (χ3n) is 3.37. The number of anilines is 1. The highest BCUT2D eigenvalue weighted by atomic mass is 32.2. The van der Waals surface area contributed by atoms with Gasteiger partial charge in [0.25, 0.3) is 5.91 Å². The Morgan fingerprint density at radius 1 is 1.11 bits per heavy atom. The second kappa shape index (κ2) is 8.89. The lowest BCUT2D eigenvalue weighted by Gasteiger charge is -2.12. The average molecular weight is 414 g/mol. The molecule has 0 spiro atoms. The first kappa shape index (κ1) is 21.5. The van der Waals surface area contributed by atoms with Gasteiger partial charge in [0.15, 0.2) is 0 Å². The summed E-state index contributed by atoms with van der Waals surface area (Å²) in [6.07, 6.45) is -3.14. The van der Waals surface area contributed by atoms with Gasteiger partial charge >= 0.3 is 6.18 Å². The Kier molecular flexibility index (Phi) is 6.81. The molecule has 0 aliphatic carbocycles. The Labute approximate surface area is 160 Å². The van der Waals surface area contributed by atoms with Gasteiger partial charge < -0.3 is 10.1 Å². The number of amides is 1. The van der Waals surface area contributed by atoms with Crippen LogP contribution in [0, 0.1) is 0 Å². The lowest BCUT2D eigenvalue weighted by Crippen LogP contribution is -2.33. The van der Waals surface area contributed by atoms with Crippen LogP contribution in [-0.2, 0) is 10.0 Å². The maximum absolute atomic E-state index is 12.4. The highest BCUT2D eigenvalue weighted by Gasteiger charge is 2.30. The minimum atomic E-state index is -4.66. The van der Waals surface area contributed by atoms with Gasteiger partial charge in [-0.15, -0.1) is 0 Å². The molecule has 10 heteroatoms. The Hall–Kier alpha value is -2.85. The molecule has 0 aliphatic rings. The highest BCUT2D eigenvalue weighted by Crippen LogP contribution is 2.21. The van der Waals surface area contributed by atoms with E-state index >= 15 is 0 Å². The summed E-state index contributed by atoms with van der Waals surface area (Å²) < 4.78 is 67.2. The van der Waals surface area contributed by atoms with E-state index in [1.54, 1.807) is 24.3 Å². The molecule has 0 atom stereocenters. The predicted octanol–water partition coefficient (Wildman–Crippen LogP) is 3.34. The SMILES string of the molecule is C=CCOc1ccccc1C(=O)Nc1ccc(S(=O)(=O)NCC(F)(F)F)cc1. The van der Waals surface area contributed by atoms with Crippen molar-refractivity contribution >= 4 is 21.6 Å². The number of carbonyl (C=O) groups is 1. The Morgan fingerprint density at radius 3 is 2.36 bits per heavy atom. The van der Waals surface area contributed by atoms with E-state index in [4.69, 9.17) is 4.74 Å². The monoisotopic (exact) mass is 414 g/mol. The van der Waals surface area contributed by atoms with E-state index in [0.29, 0.717) is 5.75 Å². The van der Waals surface area contributed by atoms with Crippen LogP contribution in [0.3, 0.4) is 0 Å². The molecule has 0 unspecified atom stereocenters. The number of hydrogen-bond acceptors (Lipinski definition) is 4. The molecule has 0 aliphatic heterocycles. The van der Waals surface area contributed by atoms with Crippen molar-refractivity contribution in [2.75, 3.05) is 18.5 Å². The maximum atomic E-state index is 12.4. The molecule has 150 valence electrons. The Balaban J connectivity index is 2.10. The van der Waals surface area contributed by atoms with Crippen LogP contribution in [-0.4, -0.2) is 33.7 Å². The molecule has 0 heterocycles. The normalized spacial score (nSPS) is 11.7. The molecule has 2 aromatic carbocycles. The Morgan fingerprint density at radius 2 is 1.75 bits per heavy atom. The smallest absolute Gasteiger partial charge is 0.402 e. The van der Waals surface area contributed by atoms with Gasteiger partial charge in [-0.1, -0.05) is 24.8 Å². The van der Waals surface area contributed by atoms with Crippen molar-refractivity contribution in [3.05, 3.63) is 66.7 Å². The molecule has 2 N–H and O–H groups in total. The van der Waals surface area contributed by atoms with Crippen molar-refractivity contribution in [1.82, 2.24) is 4.72 Å². The third kappa shape index (κ3) is 6.10. The van der Waals surface area contributed by atoms with E-state index in [-0.39, 0.29) is 22.8 Å². The molecular formula is C18H17F3N2O4S. The molecule has 1 amide bonds. The molecule has 0 saturated carbocycles. The second-order valence-electron chi connectivity index (χ2n) is 5.51. The number of halogens is 3. The number of benzene rings is 2. The number of nitrogens with one attached hydrogen (secondary N) is 2. The molecule has 0 saturated heterocycles. The summed E-state index contributed by atoms with van der Waals surface area (Å²) in [7, 11) is -4.32. The first-order valence-corrected chi connectivity index (χ1v) is 9.41. The molecule has 6 nitrogen and oxygen atoms in total. The zero-order chi connectivity index (χ0) is 20.8. The number of sulfonamides is 1. The van der Waals surface area contributed by atoms with Crippen LogP contribution in [0.1, 0.15) is 10.4 Å². The fraction of sp³-hybridized carbons (Fsp3) is 0.167. The molecule has 2 aromatic rings. The maximum Gasteiger partial charge on any atom is 0.402 e. The van der Waals surface area contributed by atoms with Crippen molar-refractivity contribution in [3.8, 4) is 5.75 Å². The summed E-state index contributed by atoms with van der Waals surface area (Å²) in [6, 6.07) is 11.2. The summed E-state index contributed by atoms with van der Waals surface area (Å²) in [6.45, 7) is 2.07. The van der Waals surface area contributed by atoms with Crippen molar-refractivity contribution in [3.63, 3.8) is 0 Å². The molecule has 28 heavy (non-hydrogen) atoms. The average Bonchev–Trinajstić information content (AvgIpc) is 2.65. The zero-order valence-corrected chi connectivity index (χ0v) is 15.3. The molecule has 0 aromatic heterocycles. The van der Waals surface area contributed by atoms with Crippen molar-refractivity contribution < 1.29 is 31.1 Å². The van der Waals surface area contributed by atoms with Crippen LogP contribution in [0.4, 0.5) is 18.9 Å². The van der Waals surface area contributed by atoms with Gasteiger partial charge in [0.1, 0.15) is 18.9 Å². The van der Waals surface area contributed by atoms with Crippen LogP contribution in [0.2, 0.25) is 0 Å². The van der Waals surface area contributed by atoms with Crippen LogP contribution >= 0.6 is 0 Å². The largest absolute Gasteiger partial charge is 0.489 e. The predicted molar refractivity (Wildman–Crippen MR) is 97.8 cm³/mol. The number of ether oxygens (including phenoxy) is 1. The fourth-order valence-corrected chi connectivity index (χ4v) is 3.12. The minimum absolute atomic E-state index is 0.210. The fourth-order valence-electron chi connectivity index (χ4n) is 2.10. The van der Waals surface area contributed by atoms with E-state index in [2.05, 4.69) is 11.9 Å². The van der Waals surface area contributed by atoms with E-state index in [1.807, 2.05) is 0 Å². The second-order valence-corrected chi connectivity index (χ2v) is 7.28. The number of rotatable bonds is 8. The standard InChI is InChI=1S/C18H17F3N2O4S/c1-2-11-27-16-6-4-3-5-15(16)17(24)23-13-7-9-14(10-8-13)28(25,26)22-12-18(19,20)21/h2-10,22H,1,11-12H2,(H,23,24). The van der Waals surface area contributed by atoms with Crippen LogP contribution in [0.15, 0.2) is 66.1 Å². The van der Waals surface area contributed by atoms with E-state index < -0.39 is 28.7 Å². The zero-order valence-electron chi connectivity index (χ0n) is 14.5. The quantitative estimate of drug-likeness (QED) is 0.649. The molecule has 0 radical (unpaired) electrons. The number of carbonyl (C=O) groups excluding carboxylic acids is 1. The topological polar surface area (TPSA) is 84.5 Å². The van der Waals surface area contributed by atoms with Gasteiger partial charge in [0.05, 0.1) is 10.5 Å². The molecule has 2 rings (SSSR count). The summed E-state index contributed by atoms with van der Waals surface area (Å²) >= 11 is 0. The third-order valence-corrected chi connectivity index (χ3v) is 4.79. The van der Waals surface area contributed by atoms with Crippen LogP contribution < -0.4 is 14.8 Å². The van der Waals surface area contributed by atoms with Gasteiger partial charge in [0.2, 0.25) is 10.0 Å². The van der Waals surface area contributed by atoms with Gasteiger partial charge in [-0.25, -0.2) is 13.1 Å². The highest BCUT2D eigenvalue weighted by molar-refractivity contribution is 7.89. The van der Waals surface area contributed by atoms with Crippen molar-refractivity contribution in [1.29, 1.82) is 0 Å². The lowest BCUT2D eigenvalue weighted by atomic mass is 10.2. The first-order chi connectivity index (χ1) is 13.1. The number of alkyl halides is 3. The summed E-state index contributed by atoms with van der Waals surface area (Å²) in [4.78, 5) is 12.1. The van der Waals surface area contributed by atoms with Crippen molar-refractivity contribution in [2.45, 2.75) is 11.1 Å². The molecule has 0 fully saturated rings. The van der Waals surface area contributed by atoms with E-state index in [0.717, 1.165) is 12.1 Å². The summed E-state index contributed by atoms with van der Waals surface area (Å²) in [5.41, 5.74) is 0.520. The number of hydrogen-bond donors (Lipinski definition) is 2. The van der Waals surface area contributed by atoms with Gasteiger partial charge in [0, 0.05) is 5.69 Å².